The Labute approximate surface area is 117 Å². The first kappa shape index (κ1) is 17.8. The molecule has 0 amide bonds. The molecule has 0 heterocycles. The van der Waals surface area contributed by atoms with Gasteiger partial charge in [0.25, 0.3) is 0 Å². The first-order chi connectivity index (χ1) is 8.47. The Balaban J connectivity index is 4.02. The molecule has 0 radical (unpaired) electrons. The molecule has 0 unspecified atom stereocenters. The molecular weight excluding hydrogens is 246 g/mol. The highest BCUT2D eigenvalue weighted by atomic mass is 32.2. The number of nitrogens with one attached hydrogen (secondary N) is 1. The standard InChI is InChI=1S/C14H29NO2S/c1-6-7-8-9-18-15-13(10-11(2)3)14(16)17-12(4)5/h11-13,15H,6-10H2,1-5H3/t13-/m1/s1. The molecule has 18 heavy (non-hydrogen) atoms. The van der Waals surface area contributed by atoms with Gasteiger partial charge in [0.1, 0.15) is 6.04 Å². The first-order valence-electron chi connectivity index (χ1n) is 7.05. The summed E-state index contributed by atoms with van der Waals surface area (Å²) in [5.41, 5.74) is 0. The van der Waals surface area contributed by atoms with Crippen LogP contribution in [0.5, 0.6) is 0 Å². The molecule has 0 aromatic carbocycles. The molecule has 0 saturated carbocycles. The Hall–Kier alpha value is -0.220. The zero-order valence-corrected chi connectivity index (χ0v) is 13.3. The number of hydrogen-bond acceptors (Lipinski definition) is 4. The predicted molar refractivity (Wildman–Crippen MR) is 79.6 cm³/mol. The van der Waals surface area contributed by atoms with Gasteiger partial charge in [-0.15, -0.1) is 0 Å². The smallest absolute Gasteiger partial charge is 0.324 e. The summed E-state index contributed by atoms with van der Waals surface area (Å²) in [5, 5.41) is 0. The van der Waals surface area contributed by atoms with E-state index in [1.807, 2.05) is 13.8 Å². The van der Waals surface area contributed by atoms with Gasteiger partial charge in [-0.3, -0.25) is 9.52 Å². The van der Waals surface area contributed by atoms with E-state index < -0.39 is 0 Å². The molecule has 0 fully saturated rings. The molecule has 0 aliphatic heterocycles. The Morgan fingerprint density at radius 2 is 1.89 bits per heavy atom. The topological polar surface area (TPSA) is 38.3 Å². The van der Waals surface area contributed by atoms with Crippen molar-refractivity contribution in [3.8, 4) is 0 Å². The van der Waals surface area contributed by atoms with Crippen molar-refractivity contribution >= 4 is 17.9 Å². The second-order valence-electron chi connectivity index (χ2n) is 5.34. The summed E-state index contributed by atoms with van der Waals surface area (Å²) in [6, 6.07) is -0.181. The molecule has 1 N–H and O–H groups in total. The lowest BCUT2D eigenvalue weighted by molar-refractivity contribution is -0.149. The third-order valence-corrected chi connectivity index (χ3v) is 3.36. The lowest BCUT2D eigenvalue weighted by Gasteiger charge is -2.20. The maximum atomic E-state index is 11.9. The van der Waals surface area contributed by atoms with Crippen LogP contribution in [0.1, 0.15) is 60.3 Å². The fourth-order valence-corrected chi connectivity index (χ4v) is 2.42. The Kier molecular flexibility index (Phi) is 10.5. The van der Waals surface area contributed by atoms with Crippen LogP contribution in [0, 0.1) is 5.92 Å². The Bertz CT molecular complexity index is 220. The molecule has 3 nitrogen and oxygen atoms in total. The number of ether oxygens (including phenoxy) is 1. The van der Waals surface area contributed by atoms with Crippen molar-refractivity contribution in [1.29, 1.82) is 0 Å². The SMILES string of the molecule is CCCCCSN[C@H](CC(C)C)C(=O)OC(C)C. The van der Waals surface area contributed by atoms with Gasteiger partial charge >= 0.3 is 5.97 Å². The molecule has 4 heteroatoms. The third kappa shape index (κ3) is 9.77. The maximum absolute atomic E-state index is 11.9. The van der Waals surface area contributed by atoms with Gasteiger partial charge < -0.3 is 4.74 Å². The highest BCUT2D eigenvalue weighted by Gasteiger charge is 2.21. The summed E-state index contributed by atoms with van der Waals surface area (Å²) in [6.07, 6.45) is 4.46. The van der Waals surface area contributed by atoms with E-state index in [0.717, 1.165) is 12.2 Å². The van der Waals surface area contributed by atoms with E-state index >= 15 is 0 Å². The molecule has 1 atom stereocenters. The second-order valence-corrected chi connectivity index (χ2v) is 6.27. The fraction of sp³-hybridized carbons (Fsp3) is 0.929. The molecule has 0 bridgehead atoms. The minimum atomic E-state index is -0.181. The Morgan fingerprint density at radius 3 is 2.39 bits per heavy atom. The molecule has 0 aromatic rings. The molecule has 108 valence electrons. The third-order valence-electron chi connectivity index (χ3n) is 2.42. The molecular formula is C14H29NO2S. The molecule has 0 aliphatic rings. The van der Waals surface area contributed by atoms with E-state index in [9.17, 15) is 4.79 Å². The fourth-order valence-electron chi connectivity index (χ4n) is 1.56. The van der Waals surface area contributed by atoms with E-state index in [2.05, 4.69) is 25.5 Å². The van der Waals surface area contributed by atoms with Gasteiger partial charge in [-0.2, -0.15) is 0 Å². The van der Waals surface area contributed by atoms with Gasteiger partial charge in [0.2, 0.25) is 0 Å². The van der Waals surface area contributed by atoms with Crippen LogP contribution in [-0.2, 0) is 9.53 Å². The number of carbonyl (C=O) groups is 1. The van der Waals surface area contributed by atoms with Gasteiger partial charge in [0.05, 0.1) is 6.10 Å². The quantitative estimate of drug-likeness (QED) is 0.374. The van der Waals surface area contributed by atoms with Gasteiger partial charge in [-0.1, -0.05) is 45.6 Å². The summed E-state index contributed by atoms with van der Waals surface area (Å²) in [4.78, 5) is 11.9. The van der Waals surface area contributed by atoms with Crippen LogP contribution < -0.4 is 4.72 Å². The number of rotatable bonds is 10. The van der Waals surface area contributed by atoms with Crippen LogP contribution in [0.15, 0.2) is 0 Å². The van der Waals surface area contributed by atoms with Gasteiger partial charge in [-0.05, 0) is 32.6 Å². The summed E-state index contributed by atoms with van der Waals surface area (Å²) in [6.45, 7) is 10.2. The van der Waals surface area contributed by atoms with Crippen LogP contribution in [-0.4, -0.2) is 23.9 Å². The molecule has 0 saturated heterocycles. The molecule has 0 spiro atoms. The lowest BCUT2D eigenvalue weighted by atomic mass is 10.0. The number of unbranched alkanes of at least 4 members (excludes halogenated alkanes) is 2. The molecule has 0 aliphatic carbocycles. The van der Waals surface area contributed by atoms with Crippen molar-refractivity contribution in [2.75, 3.05) is 5.75 Å². The number of esters is 1. The monoisotopic (exact) mass is 275 g/mol. The van der Waals surface area contributed by atoms with E-state index in [-0.39, 0.29) is 18.1 Å². The van der Waals surface area contributed by atoms with Crippen LogP contribution in [0.4, 0.5) is 0 Å². The highest BCUT2D eigenvalue weighted by Crippen LogP contribution is 2.12. The minimum Gasteiger partial charge on any atom is -0.462 e. The molecule has 0 aromatic heterocycles. The van der Waals surface area contributed by atoms with Crippen LogP contribution in [0.2, 0.25) is 0 Å². The van der Waals surface area contributed by atoms with Crippen molar-refractivity contribution in [2.24, 2.45) is 5.92 Å². The Morgan fingerprint density at radius 1 is 1.22 bits per heavy atom. The van der Waals surface area contributed by atoms with Crippen molar-refractivity contribution < 1.29 is 9.53 Å². The number of hydrogen-bond donors (Lipinski definition) is 1. The van der Waals surface area contributed by atoms with E-state index in [1.165, 1.54) is 19.3 Å². The van der Waals surface area contributed by atoms with E-state index in [0.29, 0.717) is 5.92 Å². The van der Waals surface area contributed by atoms with Gasteiger partial charge in [0, 0.05) is 5.75 Å². The molecule has 0 rings (SSSR count). The summed E-state index contributed by atoms with van der Waals surface area (Å²) < 4.78 is 8.53. The van der Waals surface area contributed by atoms with Crippen LogP contribution in [0.3, 0.4) is 0 Å². The van der Waals surface area contributed by atoms with Crippen molar-refractivity contribution in [3.63, 3.8) is 0 Å². The van der Waals surface area contributed by atoms with E-state index in [1.54, 1.807) is 11.9 Å². The van der Waals surface area contributed by atoms with Gasteiger partial charge in [0.15, 0.2) is 0 Å². The first-order valence-corrected chi connectivity index (χ1v) is 8.03. The van der Waals surface area contributed by atoms with Crippen molar-refractivity contribution in [3.05, 3.63) is 0 Å². The van der Waals surface area contributed by atoms with E-state index in [4.69, 9.17) is 4.74 Å². The van der Waals surface area contributed by atoms with Crippen molar-refractivity contribution in [1.82, 2.24) is 4.72 Å². The van der Waals surface area contributed by atoms with Crippen LogP contribution >= 0.6 is 11.9 Å². The minimum absolute atomic E-state index is 0.0425. The van der Waals surface area contributed by atoms with Crippen molar-refractivity contribution in [2.45, 2.75) is 72.4 Å². The summed E-state index contributed by atoms with van der Waals surface area (Å²) >= 11 is 1.65. The largest absolute Gasteiger partial charge is 0.462 e. The average molecular weight is 275 g/mol. The average Bonchev–Trinajstić information content (AvgIpc) is 2.25. The lowest BCUT2D eigenvalue weighted by Crippen LogP contribution is -2.36. The maximum Gasteiger partial charge on any atom is 0.324 e. The zero-order chi connectivity index (χ0) is 14.0. The second kappa shape index (κ2) is 10.7. The van der Waals surface area contributed by atoms with Gasteiger partial charge in [-0.25, -0.2) is 0 Å². The zero-order valence-electron chi connectivity index (χ0n) is 12.5. The predicted octanol–water partition coefficient (Wildman–Crippen LogP) is 3.78. The normalized spacial score (nSPS) is 13.1. The highest BCUT2D eigenvalue weighted by molar-refractivity contribution is 7.97. The summed E-state index contributed by atoms with van der Waals surface area (Å²) in [5.74, 6) is 1.41. The van der Waals surface area contributed by atoms with Crippen LogP contribution in [0.25, 0.3) is 0 Å². The number of carbonyl (C=O) groups excluding carboxylic acids is 1. The summed E-state index contributed by atoms with van der Waals surface area (Å²) in [7, 11) is 0.